The summed E-state index contributed by atoms with van der Waals surface area (Å²) < 4.78 is 0. The smallest absolute Gasteiger partial charge is 0.0422 e. The first-order valence-electron chi connectivity index (χ1n) is 18.0. The van der Waals surface area contributed by atoms with Crippen LogP contribution in [0.5, 0.6) is 0 Å². The van der Waals surface area contributed by atoms with Gasteiger partial charge in [-0.3, -0.25) is 0 Å². The van der Waals surface area contributed by atoms with Crippen LogP contribution < -0.4 is 33.0 Å². The van der Waals surface area contributed by atoms with Crippen molar-refractivity contribution in [2.24, 2.45) is 23.1 Å². The van der Waals surface area contributed by atoms with Crippen LogP contribution in [0, 0.1) is 5.92 Å². The topological polar surface area (TPSA) is 90.1 Å². The third-order valence-corrected chi connectivity index (χ3v) is 10.3. The SMILES string of the molecule is C/C=C(\CN)CCC/C(=C\N)C1=CC=C(/C(C)=c2\cccc\c2=C(\CNc2cccc3ccccc23)C2=CCC(/C(=C/N)CC)C=C2)CC1. The quantitative estimate of drug-likeness (QED) is 0.140. The largest absolute Gasteiger partial charge is 0.405 e. The minimum Gasteiger partial charge on any atom is -0.405 e. The summed E-state index contributed by atoms with van der Waals surface area (Å²) >= 11 is 0. The van der Waals surface area contributed by atoms with Crippen molar-refractivity contribution in [2.75, 3.05) is 18.4 Å². The van der Waals surface area contributed by atoms with Crippen molar-refractivity contribution < 1.29 is 0 Å². The van der Waals surface area contributed by atoms with Crippen molar-refractivity contribution in [3.05, 3.63) is 159 Å². The first kappa shape index (κ1) is 35.5. The van der Waals surface area contributed by atoms with Crippen molar-refractivity contribution in [1.29, 1.82) is 0 Å². The lowest BCUT2D eigenvalue weighted by Crippen LogP contribution is -2.31. The molecule has 5 rings (SSSR count). The van der Waals surface area contributed by atoms with Crippen LogP contribution in [-0.2, 0) is 0 Å². The van der Waals surface area contributed by atoms with Gasteiger partial charge in [-0.15, -0.1) is 0 Å². The lowest BCUT2D eigenvalue weighted by Gasteiger charge is -2.21. The highest BCUT2D eigenvalue weighted by atomic mass is 14.9. The Bertz CT molecular complexity index is 1970. The molecule has 49 heavy (non-hydrogen) atoms. The van der Waals surface area contributed by atoms with E-state index in [1.54, 1.807) is 12.4 Å². The van der Waals surface area contributed by atoms with E-state index in [4.69, 9.17) is 17.2 Å². The molecule has 0 bridgehead atoms. The predicted molar refractivity (Wildman–Crippen MR) is 213 cm³/mol. The molecule has 2 aliphatic rings. The van der Waals surface area contributed by atoms with Crippen molar-refractivity contribution in [3.8, 4) is 0 Å². The molecule has 3 aromatic carbocycles. The molecular formula is C45H54N4. The molecular weight excluding hydrogens is 597 g/mol. The zero-order valence-electron chi connectivity index (χ0n) is 29.6. The summed E-state index contributed by atoms with van der Waals surface area (Å²) in [6.45, 7) is 7.87. The lowest BCUT2D eigenvalue weighted by molar-refractivity contribution is 0.726. The van der Waals surface area contributed by atoms with Crippen LogP contribution in [0.2, 0.25) is 0 Å². The Morgan fingerprint density at radius 2 is 1.61 bits per heavy atom. The first-order valence-corrected chi connectivity index (χ1v) is 18.0. The Labute approximate surface area is 293 Å². The molecule has 0 saturated heterocycles. The van der Waals surface area contributed by atoms with Gasteiger partial charge >= 0.3 is 0 Å². The van der Waals surface area contributed by atoms with E-state index in [-0.39, 0.29) is 0 Å². The molecule has 1 unspecified atom stereocenters. The van der Waals surface area contributed by atoms with Crippen LogP contribution in [0.3, 0.4) is 0 Å². The zero-order chi connectivity index (χ0) is 34.6. The summed E-state index contributed by atoms with van der Waals surface area (Å²) in [4.78, 5) is 0. The fourth-order valence-corrected chi connectivity index (χ4v) is 7.22. The second-order valence-electron chi connectivity index (χ2n) is 13.1. The van der Waals surface area contributed by atoms with E-state index in [9.17, 15) is 0 Å². The first-order chi connectivity index (χ1) is 24.0. The minimum absolute atomic E-state index is 0.348. The highest BCUT2D eigenvalue weighted by Gasteiger charge is 2.17. The molecule has 2 aliphatic carbocycles. The molecule has 4 heteroatoms. The maximum atomic E-state index is 6.14. The molecule has 0 spiro atoms. The molecule has 0 radical (unpaired) electrons. The van der Waals surface area contributed by atoms with E-state index in [1.807, 2.05) is 0 Å². The number of nitrogens with two attached hydrogens (primary N) is 3. The lowest BCUT2D eigenvalue weighted by atomic mass is 9.85. The molecule has 7 N–H and O–H groups in total. The molecule has 4 nitrogen and oxygen atoms in total. The summed E-state index contributed by atoms with van der Waals surface area (Å²) in [6, 6.07) is 24.0. The van der Waals surface area contributed by atoms with E-state index in [0.717, 1.165) is 50.6 Å². The van der Waals surface area contributed by atoms with Gasteiger partial charge in [0, 0.05) is 30.1 Å². The number of allylic oxidation sites excluding steroid dienone is 10. The van der Waals surface area contributed by atoms with Crippen LogP contribution in [0.4, 0.5) is 5.69 Å². The highest BCUT2D eigenvalue weighted by Crippen LogP contribution is 2.31. The van der Waals surface area contributed by atoms with Gasteiger partial charge in [-0.05, 0) is 132 Å². The molecule has 0 heterocycles. The third kappa shape index (κ3) is 8.63. The Hall–Kier alpha value is -4.80. The monoisotopic (exact) mass is 650 g/mol. The molecule has 0 aromatic heterocycles. The van der Waals surface area contributed by atoms with Crippen LogP contribution in [0.1, 0.15) is 65.7 Å². The maximum Gasteiger partial charge on any atom is 0.0422 e. The second kappa shape index (κ2) is 17.6. The van der Waals surface area contributed by atoms with Crippen molar-refractivity contribution >= 4 is 27.6 Å². The Balaban J connectivity index is 1.53. The van der Waals surface area contributed by atoms with Gasteiger partial charge < -0.3 is 22.5 Å². The maximum absolute atomic E-state index is 6.14. The molecule has 3 aromatic rings. The van der Waals surface area contributed by atoms with Crippen LogP contribution in [-0.4, -0.2) is 13.1 Å². The number of nitrogens with one attached hydrogen (secondary N) is 1. The summed E-state index contributed by atoms with van der Waals surface area (Å²) in [7, 11) is 0. The zero-order valence-corrected chi connectivity index (χ0v) is 29.6. The highest BCUT2D eigenvalue weighted by molar-refractivity contribution is 5.94. The fraction of sp³-hybridized carbons (Fsp3) is 0.289. The molecule has 0 fully saturated rings. The molecule has 0 aliphatic heterocycles. The van der Waals surface area contributed by atoms with Crippen LogP contribution in [0.25, 0.3) is 21.9 Å². The number of rotatable bonds is 13. The van der Waals surface area contributed by atoms with Crippen LogP contribution >= 0.6 is 0 Å². The Morgan fingerprint density at radius 3 is 2.29 bits per heavy atom. The van der Waals surface area contributed by atoms with E-state index >= 15 is 0 Å². The van der Waals surface area contributed by atoms with Crippen LogP contribution in [0.15, 0.2) is 149 Å². The average Bonchev–Trinajstić information content (AvgIpc) is 3.16. The van der Waals surface area contributed by atoms with Crippen molar-refractivity contribution in [3.63, 3.8) is 0 Å². The van der Waals surface area contributed by atoms with Crippen molar-refractivity contribution in [1.82, 2.24) is 0 Å². The number of hydrogen-bond acceptors (Lipinski definition) is 4. The van der Waals surface area contributed by atoms with E-state index < -0.39 is 0 Å². The van der Waals surface area contributed by atoms with Crippen molar-refractivity contribution in [2.45, 2.75) is 65.7 Å². The Morgan fingerprint density at radius 1 is 0.878 bits per heavy atom. The summed E-state index contributed by atoms with van der Waals surface area (Å²) in [5.41, 5.74) is 29.6. The number of fused-ring (bicyclic) bond motifs is 1. The third-order valence-electron chi connectivity index (χ3n) is 10.3. The molecule has 1 atom stereocenters. The summed E-state index contributed by atoms with van der Waals surface area (Å²) in [5.74, 6) is 0.348. The van der Waals surface area contributed by atoms with Gasteiger partial charge in [-0.2, -0.15) is 0 Å². The van der Waals surface area contributed by atoms with Gasteiger partial charge in [0.15, 0.2) is 0 Å². The van der Waals surface area contributed by atoms with Gasteiger partial charge in [0.1, 0.15) is 0 Å². The second-order valence-corrected chi connectivity index (χ2v) is 13.1. The van der Waals surface area contributed by atoms with Gasteiger partial charge in [-0.25, -0.2) is 0 Å². The molecule has 0 saturated carbocycles. The normalized spacial score (nSPS) is 18.5. The van der Waals surface area contributed by atoms with E-state index in [1.165, 1.54) is 65.8 Å². The predicted octanol–water partition coefficient (Wildman–Crippen LogP) is 8.59. The average molecular weight is 651 g/mol. The molecule has 254 valence electrons. The van der Waals surface area contributed by atoms with Gasteiger partial charge in [0.2, 0.25) is 0 Å². The van der Waals surface area contributed by atoms with Gasteiger partial charge in [0.25, 0.3) is 0 Å². The molecule has 0 amide bonds. The number of benzene rings is 3. The Kier molecular flexibility index (Phi) is 12.7. The van der Waals surface area contributed by atoms with E-state index in [0.29, 0.717) is 19.0 Å². The summed E-state index contributed by atoms with van der Waals surface area (Å²) in [6.07, 6.45) is 24.3. The number of anilines is 1. The summed E-state index contributed by atoms with van der Waals surface area (Å²) in [5, 5.41) is 8.86. The number of hydrogen-bond donors (Lipinski definition) is 4. The standard InChI is InChI=1S/C45H54N4/c1-4-33(28-46)12-10-15-40(30-48)37-22-20-35(21-23-37)32(3)41-16-8-9-18-43(41)44(39-26-24-36(25-27-39)34(5-2)29-47)31-49-45-19-11-14-38-13-6-7-17-42(38)45/h4,6-9,11,13-14,16-20,22,24,26-27,29-30,36,49H,5,10,12,15,21,23,25,28,31,46-48H2,1-3H3/b33-4-,34-29+,40-30+,41-32+,44-43+. The van der Waals surface area contributed by atoms with Gasteiger partial charge in [0.05, 0.1) is 0 Å². The van der Waals surface area contributed by atoms with Gasteiger partial charge in [-0.1, -0.05) is 110 Å². The fourth-order valence-electron chi connectivity index (χ4n) is 7.22. The minimum atomic E-state index is 0.348. The van der Waals surface area contributed by atoms with E-state index in [2.05, 4.69) is 129 Å².